The molecule has 0 amide bonds. The first kappa shape index (κ1) is 17.7. The molecule has 1 atom stereocenters. The second-order valence-electron chi connectivity index (χ2n) is 7.76. The van der Waals surface area contributed by atoms with E-state index < -0.39 is 14.6 Å². The fourth-order valence-electron chi connectivity index (χ4n) is 4.11. The van der Waals surface area contributed by atoms with Gasteiger partial charge >= 0.3 is 0 Å². The summed E-state index contributed by atoms with van der Waals surface area (Å²) in [6.07, 6.45) is 6.15. The van der Waals surface area contributed by atoms with E-state index in [1.165, 1.54) is 6.26 Å². The Kier molecular flexibility index (Phi) is 3.82. The van der Waals surface area contributed by atoms with Crippen molar-refractivity contribution in [3.63, 3.8) is 0 Å². The minimum Gasteiger partial charge on any atom is -0.377 e. The molecule has 1 N–H and O–H groups in total. The van der Waals surface area contributed by atoms with Gasteiger partial charge in [-0.25, -0.2) is 17.9 Å². The van der Waals surface area contributed by atoms with Crippen molar-refractivity contribution in [1.82, 2.24) is 19.6 Å². The molecule has 148 valence electrons. The zero-order chi connectivity index (χ0) is 19.5. The van der Waals surface area contributed by atoms with Crippen molar-refractivity contribution in [2.24, 2.45) is 0 Å². The Morgan fingerprint density at radius 1 is 1.36 bits per heavy atom. The van der Waals surface area contributed by atoms with Crippen molar-refractivity contribution < 1.29 is 13.2 Å². The van der Waals surface area contributed by atoms with Crippen LogP contribution in [0, 0.1) is 0 Å². The van der Waals surface area contributed by atoms with Crippen LogP contribution in [0.1, 0.15) is 25.5 Å². The predicted octanol–water partition coefficient (Wildman–Crippen LogP) is 1.98. The maximum absolute atomic E-state index is 12.6. The smallest absolute Gasteiger partial charge is 0.167 e. The van der Waals surface area contributed by atoms with E-state index in [1.54, 1.807) is 10.7 Å². The van der Waals surface area contributed by atoms with Gasteiger partial charge in [0.05, 0.1) is 42.4 Å². The van der Waals surface area contributed by atoms with Crippen LogP contribution in [0.5, 0.6) is 0 Å². The van der Waals surface area contributed by atoms with Gasteiger partial charge in [-0.15, -0.1) is 0 Å². The molecule has 1 saturated heterocycles. The number of hydrogen-bond donors (Lipinski definition) is 1. The lowest BCUT2D eigenvalue weighted by Crippen LogP contribution is -2.44. The van der Waals surface area contributed by atoms with Gasteiger partial charge in [-0.05, 0) is 31.9 Å². The Labute approximate surface area is 163 Å². The molecule has 1 aliphatic heterocycles. The van der Waals surface area contributed by atoms with Crippen LogP contribution in [0.4, 0.5) is 5.82 Å². The Morgan fingerprint density at radius 2 is 2.18 bits per heavy atom. The van der Waals surface area contributed by atoms with Gasteiger partial charge in [0.2, 0.25) is 0 Å². The lowest BCUT2D eigenvalue weighted by atomic mass is 10.2. The highest BCUT2D eigenvalue weighted by atomic mass is 32.2. The molecule has 0 spiro atoms. The van der Waals surface area contributed by atoms with Crippen molar-refractivity contribution in [3.8, 4) is 11.3 Å². The number of H-pyrrole nitrogens is 1. The van der Waals surface area contributed by atoms with E-state index in [0.29, 0.717) is 37.4 Å². The molecule has 5 rings (SSSR count). The summed E-state index contributed by atoms with van der Waals surface area (Å²) in [6.45, 7) is 4.08. The summed E-state index contributed by atoms with van der Waals surface area (Å²) < 4.78 is 31.7. The van der Waals surface area contributed by atoms with Gasteiger partial charge in [-0.2, -0.15) is 5.10 Å². The molecule has 4 heterocycles. The third-order valence-corrected chi connectivity index (χ3v) is 7.93. The first-order chi connectivity index (χ1) is 13.4. The summed E-state index contributed by atoms with van der Waals surface area (Å²) in [5.74, 6) is 0.779. The molecule has 0 bridgehead atoms. The maximum Gasteiger partial charge on any atom is 0.167 e. The Hall–Kier alpha value is -2.39. The number of morpholine rings is 1. The summed E-state index contributed by atoms with van der Waals surface area (Å²) in [5, 5.41) is 4.53. The van der Waals surface area contributed by atoms with E-state index in [0.717, 1.165) is 23.6 Å². The topological polar surface area (TPSA) is 92.6 Å². The van der Waals surface area contributed by atoms with E-state index in [4.69, 9.17) is 9.72 Å². The summed E-state index contributed by atoms with van der Waals surface area (Å²) in [4.78, 5) is 10.3. The van der Waals surface area contributed by atoms with Gasteiger partial charge in [0.1, 0.15) is 10.6 Å². The Bertz CT molecular complexity index is 1130. The average molecular weight is 401 g/mol. The van der Waals surface area contributed by atoms with Crippen molar-refractivity contribution in [2.45, 2.75) is 30.6 Å². The number of aromatic nitrogens is 4. The van der Waals surface area contributed by atoms with Crippen LogP contribution < -0.4 is 4.90 Å². The fourth-order valence-corrected chi connectivity index (χ4v) is 5.48. The minimum atomic E-state index is -3.28. The van der Waals surface area contributed by atoms with Crippen molar-refractivity contribution in [1.29, 1.82) is 0 Å². The van der Waals surface area contributed by atoms with Crippen LogP contribution in [0.25, 0.3) is 16.9 Å². The third-order valence-electron chi connectivity index (χ3n) is 5.89. The number of hydrogen-bond acceptors (Lipinski definition) is 6. The number of fused-ring (bicyclic) bond motifs is 1. The summed E-state index contributed by atoms with van der Waals surface area (Å²) >= 11 is 0. The molecule has 2 aliphatic rings. The lowest BCUT2D eigenvalue weighted by Gasteiger charge is -2.34. The van der Waals surface area contributed by atoms with E-state index >= 15 is 0 Å². The third kappa shape index (κ3) is 2.56. The number of nitrogens with one attached hydrogen (secondary N) is 1. The van der Waals surface area contributed by atoms with Gasteiger partial charge in [0, 0.05) is 25.1 Å². The quantitative estimate of drug-likeness (QED) is 0.719. The molecular formula is C19H23N5O3S. The van der Waals surface area contributed by atoms with Crippen LogP contribution >= 0.6 is 0 Å². The number of ether oxygens (including phenoxy) is 1. The number of sulfone groups is 1. The molecule has 1 aliphatic carbocycles. The van der Waals surface area contributed by atoms with Crippen molar-refractivity contribution >= 4 is 21.3 Å². The predicted molar refractivity (Wildman–Crippen MR) is 106 cm³/mol. The molecule has 2 fully saturated rings. The van der Waals surface area contributed by atoms with Gasteiger partial charge < -0.3 is 14.6 Å². The second-order valence-corrected chi connectivity index (χ2v) is 10.1. The highest BCUT2D eigenvalue weighted by Gasteiger charge is 2.55. The normalized spacial score (nSPS) is 21.9. The molecule has 0 aromatic carbocycles. The fraction of sp³-hybridized carbons (Fsp3) is 0.474. The van der Waals surface area contributed by atoms with Crippen molar-refractivity contribution in [3.05, 3.63) is 36.3 Å². The summed E-state index contributed by atoms with van der Waals surface area (Å²) in [6, 6.07) is 5.97. The molecule has 8 nitrogen and oxygen atoms in total. The van der Waals surface area contributed by atoms with Crippen LogP contribution in [0.3, 0.4) is 0 Å². The van der Waals surface area contributed by atoms with E-state index in [1.807, 2.05) is 24.4 Å². The molecule has 3 aromatic heterocycles. The van der Waals surface area contributed by atoms with Crippen molar-refractivity contribution in [2.75, 3.05) is 30.9 Å². The summed E-state index contributed by atoms with van der Waals surface area (Å²) in [7, 11) is -3.28. The number of rotatable bonds is 4. The highest BCUT2D eigenvalue weighted by Crippen LogP contribution is 2.53. The monoisotopic (exact) mass is 401 g/mol. The molecular weight excluding hydrogens is 378 g/mol. The van der Waals surface area contributed by atoms with E-state index in [-0.39, 0.29) is 6.04 Å². The second kappa shape index (κ2) is 6.05. The van der Waals surface area contributed by atoms with Gasteiger partial charge in [-0.3, -0.25) is 0 Å². The van der Waals surface area contributed by atoms with E-state index in [2.05, 4.69) is 21.9 Å². The van der Waals surface area contributed by atoms with Gasteiger partial charge in [0.15, 0.2) is 15.5 Å². The highest BCUT2D eigenvalue weighted by molar-refractivity contribution is 7.91. The number of anilines is 1. The number of aromatic amines is 1. The first-order valence-corrected chi connectivity index (χ1v) is 11.4. The zero-order valence-corrected chi connectivity index (χ0v) is 16.7. The van der Waals surface area contributed by atoms with Gasteiger partial charge in [-0.1, -0.05) is 0 Å². The largest absolute Gasteiger partial charge is 0.377 e. The van der Waals surface area contributed by atoms with E-state index in [9.17, 15) is 8.42 Å². The van der Waals surface area contributed by atoms with Gasteiger partial charge in [0.25, 0.3) is 0 Å². The van der Waals surface area contributed by atoms with Crippen LogP contribution in [0.2, 0.25) is 0 Å². The Balaban J connectivity index is 1.76. The molecule has 3 aromatic rings. The zero-order valence-electron chi connectivity index (χ0n) is 15.9. The van der Waals surface area contributed by atoms with Crippen LogP contribution in [-0.2, 0) is 19.3 Å². The molecule has 0 unspecified atom stereocenters. The Morgan fingerprint density at radius 3 is 2.82 bits per heavy atom. The van der Waals surface area contributed by atoms with Crippen LogP contribution in [0.15, 0.2) is 30.6 Å². The minimum absolute atomic E-state index is 0.168. The molecule has 0 radical (unpaired) electrons. The SMILES string of the molecule is C[C@@H]1COCCN1c1cc(C2(S(C)(=O)=O)CC2)n2ncc(-c3ccc[nH]3)c2n1. The number of nitrogens with zero attached hydrogens (tertiary/aromatic N) is 4. The first-order valence-electron chi connectivity index (χ1n) is 9.48. The molecule has 28 heavy (non-hydrogen) atoms. The maximum atomic E-state index is 12.6. The summed E-state index contributed by atoms with van der Waals surface area (Å²) in [5.41, 5.74) is 3.14. The standard InChI is InChI=1S/C19H23N5O3S/c1-13-12-27-9-8-23(13)17-10-16(19(5-6-19)28(2,25)26)24-18(22-17)14(11-21-24)15-4-3-7-20-15/h3-4,7,10-11,13,20H,5-6,8-9,12H2,1-2H3/t13-/m1/s1. The molecule has 1 saturated carbocycles. The lowest BCUT2D eigenvalue weighted by molar-refractivity contribution is 0.0985. The molecule has 9 heteroatoms. The average Bonchev–Trinajstić information content (AvgIpc) is 3.11. The van der Waals surface area contributed by atoms with Crippen LogP contribution in [-0.4, -0.2) is 60.1 Å².